The fraction of sp³-hybridized carbons (Fsp3) is 0.650. The molecular weight excluding hydrogens is 284 g/mol. The average Bonchev–Trinajstić information content (AvgIpc) is 2.68. The highest BCUT2D eigenvalue weighted by Crippen LogP contribution is 2.53. The second-order valence-corrected chi connectivity index (χ2v) is 8.43. The Morgan fingerprint density at radius 2 is 1.96 bits per heavy atom. The summed E-state index contributed by atoms with van der Waals surface area (Å²) in [6, 6.07) is 9.24. The van der Waals surface area contributed by atoms with Crippen LogP contribution in [0.3, 0.4) is 0 Å². The largest absolute Gasteiger partial charge is 0.293 e. The molecule has 23 heavy (non-hydrogen) atoms. The molecule has 0 bridgehead atoms. The van der Waals surface area contributed by atoms with Crippen LogP contribution in [0, 0.1) is 30.1 Å². The van der Waals surface area contributed by atoms with Crippen molar-refractivity contribution in [2.24, 2.45) is 11.8 Å². The van der Waals surface area contributed by atoms with Crippen LogP contribution in [0.4, 0.5) is 0 Å². The van der Waals surface area contributed by atoms with Gasteiger partial charge in [-0.2, -0.15) is 10.3 Å². The second-order valence-electron chi connectivity index (χ2n) is 8.43. The van der Waals surface area contributed by atoms with E-state index in [0.29, 0.717) is 17.9 Å². The molecule has 124 valence electrons. The zero-order chi connectivity index (χ0) is 17.0. The molecule has 2 fully saturated rings. The summed E-state index contributed by atoms with van der Waals surface area (Å²) in [7, 11) is 2.07. The first-order chi connectivity index (χ1) is 10.7. The number of hydroxylamine groups is 2. The van der Waals surface area contributed by atoms with E-state index < -0.39 is 0 Å². The van der Waals surface area contributed by atoms with Crippen molar-refractivity contribution in [1.82, 2.24) is 5.06 Å². The van der Waals surface area contributed by atoms with Gasteiger partial charge in [0.25, 0.3) is 0 Å². The van der Waals surface area contributed by atoms with E-state index in [1.54, 1.807) is 0 Å². The summed E-state index contributed by atoms with van der Waals surface area (Å²) in [6.07, 6.45) is 2.24. The summed E-state index contributed by atoms with van der Waals surface area (Å²) in [5.41, 5.74) is 3.14. The second kappa shape index (κ2) is 5.33. The Morgan fingerprint density at radius 1 is 1.26 bits per heavy atom. The van der Waals surface area contributed by atoms with Crippen molar-refractivity contribution < 1.29 is 4.84 Å². The first-order valence-corrected chi connectivity index (χ1v) is 8.61. The highest BCUT2D eigenvalue weighted by molar-refractivity contribution is 5.42. The Labute approximate surface area is 140 Å². The van der Waals surface area contributed by atoms with Crippen molar-refractivity contribution in [3.05, 3.63) is 34.9 Å². The molecule has 2 aliphatic rings. The van der Waals surface area contributed by atoms with Crippen LogP contribution in [0.15, 0.2) is 18.2 Å². The molecule has 0 amide bonds. The lowest BCUT2D eigenvalue weighted by molar-refractivity contribution is -0.182. The van der Waals surface area contributed by atoms with Crippen LogP contribution in [0.1, 0.15) is 57.2 Å². The van der Waals surface area contributed by atoms with Crippen LogP contribution in [0.5, 0.6) is 0 Å². The fourth-order valence-corrected chi connectivity index (χ4v) is 5.04. The van der Waals surface area contributed by atoms with Gasteiger partial charge in [-0.3, -0.25) is 4.84 Å². The zero-order valence-electron chi connectivity index (χ0n) is 15.2. The molecule has 0 unspecified atom stereocenters. The molecule has 1 aliphatic heterocycles. The van der Waals surface area contributed by atoms with Gasteiger partial charge in [-0.1, -0.05) is 26.0 Å². The van der Waals surface area contributed by atoms with Gasteiger partial charge in [0.15, 0.2) is 0 Å². The number of benzene rings is 1. The van der Waals surface area contributed by atoms with Crippen LogP contribution in [0.25, 0.3) is 0 Å². The van der Waals surface area contributed by atoms with E-state index in [9.17, 15) is 5.26 Å². The molecule has 3 nitrogen and oxygen atoms in total. The third kappa shape index (κ3) is 2.58. The molecule has 1 aromatic carbocycles. The van der Waals surface area contributed by atoms with Crippen molar-refractivity contribution in [1.29, 1.82) is 5.26 Å². The van der Waals surface area contributed by atoms with Crippen molar-refractivity contribution in [2.45, 2.75) is 64.5 Å². The topological polar surface area (TPSA) is 36.3 Å². The number of aryl methyl sites for hydroxylation is 1. The summed E-state index contributed by atoms with van der Waals surface area (Å²) < 4.78 is 0. The summed E-state index contributed by atoms with van der Waals surface area (Å²) >= 11 is 0. The Kier molecular flexibility index (Phi) is 3.82. The van der Waals surface area contributed by atoms with E-state index in [0.717, 1.165) is 24.0 Å². The van der Waals surface area contributed by atoms with Gasteiger partial charge in [0.05, 0.1) is 17.2 Å². The predicted molar refractivity (Wildman–Crippen MR) is 91.8 cm³/mol. The minimum atomic E-state index is -0.127. The third-order valence-electron chi connectivity index (χ3n) is 6.19. The number of nitriles is 1. The average molecular weight is 312 g/mol. The summed E-state index contributed by atoms with van der Waals surface area (Å²) in [5, 5.41) is 11.5. The first kappa shape index (κ1) is 16.5. The normalized spacial score (nSPS) is 36.5. The van der Waals surface area contributed by atoms with E-state index in [2.05, 4.69) is 64.1 Å². The number of nitrogens with zero attached hydrogens (tertiary/aromatic N) is 2. The maximum atomic E-state index is 9.37. The third-order valence-corrected chi connectivity index (χ3v) is 6.19. The van der Waals surface area contributed by atoms with Gasteiger partial charge in [-0.15, -0.1) is 0 Å². The SMILES string of the molecule is Cc1ccc([C@@]2(C)C[C@@H]3[C@@H]([C@@H](C)C2)N(C)OC3(C)C)cc1C#N. The highest BCUT2D eigenvalue weighted by Gasteiger charge is 2.55. The monoisotopic (exact) mass is 312 g/mol. The van der Waals surface area contributed by atoms with E-state index in [1.165, 1.54) is 5.56 Å². The van der Waals surface area contributed by atoms with Crippen molar-refractivity contribution >= 4 is 0 Å². The van der Waals surface area contributed by atoms with Gasteiger partial charge in [0, 0.05) is 19.0 Å². The molecule has 0 aromatic heterocycles. The minimum Gasteiger partial charge on any atom is -0.293 e. The van der Waals surface area contributed by atoms with E-state index in [-0.39, 0.29) is 11.0 Å². The van der Waals surface area contributed by atoms with Gasteiger partial charge >= 0.3 is 0 Å². The van der Waals surface area contributed by atoms with E-state index >= 15 is 0 Å². The maximum Gasteiger partial charge on any atom is 0.0994 e. The number of fused-ring (bicyclic) bond motifs is 1. The molecule has 1 aliphatic carbocycles. The Hall–Kier alpha value is -1.37. The maximum absolute atomic E-state index is 9.37. The minimum absolute atomic E-state index is 0.103. The summed E-state index contributed by atoms with van der Waals surface area (Å²) in [4.78, 5) is 6.14. The van der Waals surface area contributed by atoms with Crippen LogP contribution in [0.2, 0.25) is 0 Å². The molecule has 0 radical (unpaired) electrons. The molecule has 1 saturated carbocycles. The standard InChI is InChI=1S/C20H28N2O/c1-13-7-8-16(9-15(13)12-21)20(5)10-14(2)18-17(11-20)19(3,4)23-22(18)6/h7-9,14,17-18H,10-11H2,1-6H3/t14-,17+,18+,20+/m0/s1. The molecule has 3 heteroatoms. The van der Waals surface area contributed by atoms with Gasteiger partial charge < -0.3 is 0 Å². The molecule has 3 rings (SSSR count). The smallest absolute Gasteiger partial charge is 0.0994 e. The number of hydrogen-bond donors (Lipinski definition) is 0. The van der Waals surface area contributed by atoms with Gasteiger partial charge in [0.1, 0.15) is 0 Å². The lowest BCUT2D eigenvalue weighted by atomic mass is 9.59. The van der Waals surface area contributed by atoms with Crippen molar-refractivity contribution in [2.75, 3.05) is 7.05 Å². The Morgan fingerprint density at radius 3 is 2.61 bits per heavy atom. The van der Waals surface area contributed by atoms with Crippen LogP contribution >= 0.6 is 0 Å². The molecular formula is C20H28N2O. The molecule has 1 saturated heterocycles. The van der Waals surface area contributed by atoms with Crippen molar-refractivity contribution in [3.8, 4) is 6.07 Å². The van der Waals surface area contributed by atoms with Gasteiger partial charge in [-0.05, 0) is 62.1 Å². The molecule has 0 spiro atoms. The van der Waals surface area contributed by atoms with Gasteiger partial charge in [0.2, 0.25) is 0 Å². The zero-order valence-corrected chi connectivity index (χ0v) is 15.2. The summed E-state index contributed by atoms with van der Waals surface area (Å²) in [5.74, 6) is 1.07. The number of hydrogen-bond acceptors (Lipinski definition) is 3. The molecule has 1 aromatic rings. The van der Waals surface area contributed by atoms with Crippen LogP contribution in [-0.2, 0) is 10.3 Å². The molecule has 4 atom stereocenters. The first-order valence-electron chi connectivity index (χ1n) is 8.61. The molecule has 1 heterocycles. The van der Waals surface area contributed by atoms with E-state index in [4.69, 9.17) is 4.84 Å². The Bertz CT molecular complexity index is 660. The van der Waals surface area contributed by atoms with E-state index in [1.807, 2.05) is 6.92 Å². The van der Waals surface area contributed by atoms with Gasteiger partial charge in [-0.25, -0.2) is 0 Å². The molecule has 0 N–H and O–H groups in total. The predicted octanol–water partition coefficient (Wildman–Crippen LogP) is 4.19. The lowest BCUT2D eigenvalue weighted by Crippen LogP contribution is -2.48. The van der Waals surface area contributed by atoms with Crippen LogP contribution in [-0.4, -0.2) is 23.8 Å². The quantitative estimate of drug-likeness (QED) is 0.780. The Balaban J connectivity index is 1.99. The lowest BCUT2D eigenvalue weighted by Gasteiger charge is -2.46. The fourth-order valence-electron chi connectivity index (χ4n) is 5.04. The number of rotatable bonds is 1. The summed E-state index contributed by atoms with van der Waals surface area (Å²) in [6.45, 7) is 11.1. The van der Waals surface area contributed by atoms with Crippen molar-refractivity contribution in [3.63, 3.8) is 0 Å². The highest BCUT2D eigenvalue weighted by atomic mass is 16.7. The van der Waals surface area contributed by atoms with Crippen LogP contribution < -0.4 is 0 Å².